The number of alkyl carbamates (subject to hydrolysis) is 2. The van der Waals surface area contributed by atoms with Gasteiger partial charge in [-0.2, -0.15) is 0 Å². The lowest BCUT2D eigenvalue weighted by Crippen LogP contribution is -2.51. The molecule has 5 unspecified atom stereocenters. The number of aromatic nitrogens is 4. The molecule has 6 aromatic rings. The molecule has 5 atom stereocenters. The van der Waals surface area contributed by atoms with Gasteiger partial charge in [-0.15, -0.1) is 5.92 Å². The minimum Gasteiger partial charge on any atom is -0.453 e. The summed E-state index contributed by atoms with van der Waals surface area (Å²) < 4.78 is 15.2. The van der Waals surface area contributed by atoms with Gasteiger partial charge in [0.1, 0.15) is 23.7 Å². The van der Waals surface area contributed by atoms with E-state index < -0.39 is 24.3 Å². The summed E-state index contributed by atoms with van der Waals surface area (Å²) in [5.74, 6) is 7.26. The molecule has 4 aromatic carbocycles. The van der Waals surface area contributed by atoms with Gasteiger partial charge in [0.15, 0.2) is 0 Å². The third-order valence-electron chi connectivity index (χ3n) is 12.4. The third kappa shape index (κ3) is 9.12. The van der Waals surface area contributed by atoms with E-state index in [0.717, 1.165) is 62.6 Å². The summed E-state index contributed by atoms with van der Waals surface area (Å²) in [5, 5.41) is 7.40. The molecule has 0 saturated carbocycles. The fourth-order valence-corrected chi connectivity index (χ4v) is 9.25. The van der Waals surface area contributed by atoms with Crippen LogP contribution in [0.3, 0.4) is 0 Å². The van der Waals surface area contributed by atoms with Crippen molar-refractivity contribution in [1.82, 2.24) is 40.4 Å². The number of nitrogens with zero attached hydrogens (tertiary/aromatic N) is 4. The molecule has 4 amide bonds. The standard InChI is InChI=1S/C50H54N8O7/c1-7-12-32-25-35(39-26-51-45(53-39)40-15-11-22-57(40)47(59)42(29(2)3)55-49(61)64-5)17-19-36(32)33-16-20-37-34(24-33)18-21-38-44(37)54-46(52-38)41-23-30(28-63-4)27-58(41)48(60)43(56-50(62)65-6)31-13-9-8-10-14-31/h8-10,13-14,16-21,24-26,29-30,40-43H,11,15,22-23,27-28H2,1-6H3,(H,51,53)(H,52,54)(H,55,61)(H,56,62). The number of carbonyl (C=O) groups excluding carboxylic acids is 4. The highest BCUT2D eigenvalue weighted by Crippen LogP contribution is 2.39. The van der Waals surface area contributed by atoms with E-state index in [9.17, 15) is 19.2 Å². The number of rotatable bonds is 12. The molecule has 4 N–H and O–H groups in total. The maximum absolute atomic E-state index is 14.4. The molecular formula is C50H54N8O7. The number of amides is 4. The number of hydrogen-bond donors (Lipinski definition) is 4. The number of ether oxygens (including phenoxy) is 3. The fraction of sp³-hybridized carbons (Fsp3) is 0.360. The van der Waals surface area contributed by atoms with Crippen LogP contribution in [-0.2, 0) is 23.8 Å². The normalized spacial score (nSPS) is 18.0. The number of methoxy groups -OCH3 is 3. The second-order valence-electron chi connectivity index (χ2n) is 16.9. The smallest absolute Gasteiger partial charge is 0.407 e. The Morgan fingerprint density at radius 1 is 0.846 bits per heavy atom. The van der Waals surface area contributed by atoms with Crippen molar-refractivity contribution >= 4 is 45.8 Å². The van der Waals surface area contributed by atoms with Crippen LogP contribution in [0.4, 0.5) is 9.59 Å². The SMILES string of the molecule is CC#Cc1cc(-c2cnc(C3CCCN3C(=O)C(NC(=O)OC)C(C)C)[nH]2)ccc1-c1ccc2c(ccc3[nH]c(C4CC(COC)CN4C(=O)C(NC(=O)OC)c4ccccc4)nc32)c1. The molecule has 15 nitrogen and oxygen atoms in total. The zero-order valence-corrected chi connectivity index (χ0v) is 37.4. The van der Waals surface area contributed by atoms with Crippen LogP contribution in [0.15, 0.2) is 85.1 Å². The van der Waals surface area contributed by atoms with Crippen LogP contribution in [0.25, 0.3) is 44.2 Å². The van der Waals surface area contributed by atoms with Crippen molar-refractivity contribution in [2.75, 3.05) is 41.0 Å². The Hall–Kier alpha value is -7.18. The number of imidazole rings is 2. The quantitative estimate of drug-likeness (QED) is 0.0891. The van der Waals surface area contributed by atoms with Crippen molar-refractivity contribution in [1.29, 1.82) is 0 Å². The first-order valence-electron chi connectivity index (χ1n) is 21.9. The van der Waals surface area contributed by atoms with Crippen LogP contribution in [0.2, 0.25) is 0 Å². The highest BCUT2D eigenvalue weighted by Gasteiger charge is 2.42. The Labute approximate surface area is 377 Å². The largest absolute Gasteiger partial charge is 0.453 e. The molecule has 0 spiro atoms. The average molecular weight is 879 g/mol. The van der Waals surface area contributed by atoms with Crippen molar-refractivity contribution in [2.45, 2.75) is 64.2 Å². The molecule has 0 aliphatic carbocycles. The summed E-state index contributed by atoms with van der Waals surface area (Å²) >= 11 is 0. The number of fused-ring (bicyclic) bond motifs is 3. The van der Waals surface area contributed by atoms with Gasteiger partial charge in [-0.3, -0.25) is 9.59 Å². The van der Waals surface area contributed by atoms with Crippen molar-refractivity contribution < 1.29 is 33.4 Å². The van der Waals surface area contributed by atoms with E-state index in [0.29, 0.717) is 43.3 Å². The van der Waals surface area contributed by atoms with Crippen LogP contribution < -0.4 is 10.6 Å². The summed E-state index contributed by atoms with van der Waals surface area (Å²) in [6.07, 6.45) is 2.66. The summed E-state index contributed by atoms with van der Waals surface area (Å²) in [4.78, 5) is 73.1. The van der Waals surface area contributed by atoms with E-state index in [-0.39, 0.29) is 35.7 Å². The topological polar surface area (TPSA) is 184 Å². The maximum Gasteiger partial charge on any atom is 0.407 e. The summed E-state index contributed by atoms with van der Waals surface area (Å²) in [5.41, 5.74) is 6.80. The van der Waals surface area contributed by atoms with Gasteiger partial charge in [-0.05, 0) is 72.4 Å². The molecule has 15 heteroatoms. The number of nitrogens with one attached hydrogen (secondary N) is 4. The van der Waals surface area contributed by atoms with E-state index in [1.807, 2.05) is 63.2 Å². The van der Waals surface area contributed by atoms with Crippen LogP contribution in [0.1, 0.15) is 80.9 Å². The van der Waals surface area contributed by atoms with Crippen molar-refractivity contribution in [2.24, 2.45) is 11.8 Å². The predicted molar refractivity (Wildman–Crippen MR) is 246 cm³/mol. The first-order valence-corrected chi connectivity index (χ1v) is 21.9. The van der Waals surface area contributed by atoms with Crippen LogP contribution in [0, 0.1) is 23.7 Å². The Bertz CT molecular complexity index is 2790. The molecular weight excluding hydrogens is 825 g/mol. The zero-order valence-electron chi connectivity index (χ0n) is 37.4. The summed E-state index contributed by atoms with van der Waals surface area (Å²) in [7, 11) is 4.22. The van der Waals surface area contributed by atoms with E-state index in [4.69, 9.17) is 24.2 Å². The molecule has 8 rings (SSSR count). The van der Waals surface area contributed by atoms with E-state index in [2.05, 4.69) is 68.8 Å². The van der Waals surface area contributed by atoms with Gasteiger partial charge in [0, 0.05) is 42.6 Å². The second-order valence-corrected chi connectivity index (χ2v) is 16.9. The molecule has 0 radical (unpaired) electrons. The van der Waals surface area contributed by atoms with Crippen molar-refractivity contribution in [3.63, 3.8) is 0 Å². The van der Waals surface area contributed by atoms with Crippen LogP contribution in [0.5, 0.6) is 0 Å². The van der Waals surface area contributed by atoms with Crippen LogP contribution in [-0.4, -0.2) is 101 Å². The molecule has 2 aromatic heterocycles. The highest BCUT2D eigenvalue weighted by atomic mass is 16.5. The number of hydrogen-bond acceptors (Lipinski definition) is 9. The second kappa shape index (κ2) is 19.3. The van der Waals surface area contributed by atoms with E-state index in [1.165, 1.54) is 14.2 Å². The van der Waals surface area contributed by atoms with Gasteiger partial charge < -0.3 is 44.6 Å². The monoisotopic (exact) mass is 878 g/mol. The zero-order chi connectivity index (χ0) is 45.8. The predicted octanol–water partition coefficient (Wildman–Crippen LogP) is 7.82. The lowest BCUT2D eigenvalue weighted by molar-refractivity contribution is -0.136. The average Bonchev–Trinajstić information content (AvgIpc) is 4.16. The van der Waals surface area contributed by atoms with Crippen LogP contribution >= 0.6 is 0 Å². The number of H-pyrrole nitrogens is 2. The molecule has 2 saturated heterocycles. The Kier molecular flexibility index (Phi) is 13.2. The minimum atomic E-state index is -0.952. The van der Waals surface area contributed by atoms with Gasteiger partial charge >= 0.3 is 12.2 Å². The third-order valence-corrected chi connectivity index (χ3v) is 12.4. The molecule has 336 valence electrons. The molecule has 2 fully saturated rings. The number of carbonyl (C=O) groups is 4. The van der Waals surface area contributed by atoms with Gasteiger partial charge in [0.05, 0.1) is 55.8 Å². The lowest BCUT2D eigenvalue weighted by atomic mass is 9.95. The van der Waals surface area contributed by atoms with Crippen molar-refractivity contribution in [3.8, 4) is 34.2 Å². The van der Waals surface area contributed by atoms with Gasteiger partial charge in [0.2, 0.25) is 5.91 Å². The minimum absolute atomic E-state index is 0.0623. The van der Waals surface area contributed by atoms with Gasteiger partial charge in [-0.25, -0.2) is 19.6 Å². The van der Waals surface area contributed by atoms with E-state index in [1.54, 1.807) is 23.1 Å². The molecule has 2 aliphatic heterocycles. The first-order chi connectivity index (χ1) is 31.5. The molecule has 65 heavy (non-hydrogen) atoms. The van der Waals surface area contributed by atoms with Gasteiger partial charge in [-0.1, -0.05) is 80.4 Å². The Balaban J connectivity index is 1.06. The first kappa shape index (κ1) is 44.4. The Morgan fingerprint density at radius 3 is 2.35 bits per heavy atom. The summed E-state index contributed by atoms with van der Waals surface area (Å²) in [6.45, 7) is 7.08. The number of likely N-dealkylation sites (tertiary alicyclic amines) is 2. The molecule has 2 aliphatic rings. The molecule has 4 heterocycles. The molecule has 0 bridgehead atoms. The highest BCUT2D eigenvalue weighted by molar-refractivity contribution is 6.05. The van der Waals surface area contributed by atoms with Gasteiger partial charge in [0.25, 0.3) is 5.91 Å². The summed E-state index contributed by atoms with van der Waals surface area (Å²) in [6, 6.07) is 23.4. The fourth-order valence-electron chi connectivity index (χ4n) is 9.25. The maximum atomic E-state index is 14.4. The van der Waals surface area contributed by atoms with E-state index >= 15 is 0 Å². The van der Waals surface area contributed by atoms with Crippen molar-refractivity contribution in [3.05, 3.63) is 108 Å². The number of benzene rings is 4. The number of aromatic amines is 2. The Morgan fingerprint density at radius 2 is 1.62 bits per heavy atom. The lowest BCUT2D eigenvalue weighted by Gasteiger charge is -2.30.